The first-order valence-corrected chi connectivity index (χ1v) is 9.97. The van der Waals surface area contributed by atoms with Gasteiger partial charge in [0.15, 0.2) is 17.3 Å². The molecule has 0 spiro atoms. The van der Waals surface area contributed by atoms with Crippen LogP contribution >= 0.6 is 0 Å². The van der Waals surface area contributed by atoms with Gasteiger partial charge in [-0.15, -0.1) is 0 Å². The summed E-state index contributed by atoms with van der Waals surface area (Å²) in [6.07, 6.45) is 1.79. The molecule has 0 saturated heterocycles. The Morgan fingerprint density at radius 1 is 1.13 bits per heavy atom. The predicted octanol–water partition coefficient (Wildman–Crippen LogP) is 3.71. The number of nitriles is 1. The van der Waals surface area contributed by atoms with E-state index in [2.05, 4.69) is 6.07 Å². The molecule has 4 rings (SSSR count). The highest BCUT2D eigenvalue weighted by Gasteiger charge is 2.40. The summed E-state index contributed by atoms with van der Waals surface area (Å²) in [5.74, 6) is 0.636. The molecule has 0 fully saturated rings. The highest BCUT2D eigenvalue weighted by atomic mass is 16.5. The minimum atomic E-state index is -0.614. The molecule has 7 heteroatoms. The molecule has 0 radical (unpaired) electrons. The summed E-state index contributed by atoms with van der Waals surface area (Å²) in [6, 6.07) is 14.4. The van der Waals surface area contributed by atoms with Crippen LogP contribution in [0.15, 0.2) is 65.1 Å². The molecule has 0 amide bonds. The molecule has 1 unspecified atom stereocenters. The predicted molar refractivity (Wildman–Crippen MR) is 116 cm³/mol. The van der Waals surface area contributed by atoms with Gasteiger partial charge in [-0.25, -0.2) is 0 Å². The number of hydrogen-bond donors (Lipinski definition) is 2. The van der Waals surface area contributed by atoms with Gasteiger partial charge < -0.3 is 20.3 Å². The van der Waals surface area contributed by atoms with Crippen LogP contribution < -0.4 is 20.1 Å². The molecular formula is C24H23N3O4. The van der Waals surface area contributed by atoms with E-state index >= 15 is 0 Å². The first kappa shape index (κ1) is 20.4. The number of nitrogens with zero attached hydrogens (tertiary/aromatic N) is 2. The third kappa shape index (κ3) is 3.36. The number of rotatable bonds is 4. The number of ketones is 1. The number of Topliss-reactive ketones (excluding diaryl/α,β-unsaturated/α-hetero) is 1. The Balaban J connectivity index is 1.93. The van der Waals surface area contributed by atoms with Crippen LogP contribution in [0.3, 0.4) is 0 Å². The molecule has 7 nitrogen and oxygen atoms in total. The van der Waals surface area contributed by atoms with Crippen LogP contribution in [0.25, 0.3) is 0 Å². The number of methoxy groups -OCH3 is 2. The first-order chi connectivity index (χ1) is 15.0. The van der Waals surface area contributed by atoms with E-state index in [1.165, 1.54) is 13.2 Å². The third-order valence-electron chi connectivity index (χ3n) is 5.78. The lowest BCUT2D eigenvalue weighted by molar-refractivity contribution is -0.116. The zero-order valence-corrected chi connectivity index (χ0v) is 17.4. The molecular weight excluding hydrogens is 394 g/mol. The molecule has 0 aromatic heterocycles. The van der Waals surface area contributed by atoms with E-state index in [1.807, 2.05) is 24.3 Å². The summed E-state index contributed by atoms with van der Waals surface area (Å²) >= 11 is 0. The smallest absolute Gasteiger partial charge is 0.161 e. The summed E-state index contributed by atoms with van der Waals surface area (Å²) in [7, 11) is 3.05. The molecule has 31 heavy (non-hydrogen) atoms. The van der Waals surface area contributed by atoms with Crippen molar-refractivity contribution in [1.82, 2.24) is 0 Å². The Morgan fingerprint density at radius 2 is 1.87 bits per heavy atom. The van der Waals surface area contributed by atoms with Gasteiger partial charge in [-0.3, -0.25) is 9.69 Å². The number of nitrogens with two attached hydrogens (primary N) is 1. The lowest BCUT2D eigenvalue weighted by atomic mass is 9.75. The molecule has 2 aromatic rings. The Kier molecular flexibility index (Phi) is 5.30. The second-order valence-corrected chi connectivity index (χ2v) is 7.45. The Bertz CT molecular complexity index is 1140. The van der Waals surface area contributed by atoms with E-state index in [4.69, 9.17) is 15.2 Å². The third-order valence-corrected chi connectivity index (χ3v) is 5.78. The fourth-order valence-electron chi connectivity index (χ4n) is 4.32. The largest absolute Gasteiger partial charge is 0.504 e. The molecule has 2 aromatic carbocycles. The first-order valence-electron chi connectivity index (χ1n) is 9.97. The van der Waals surface area contributed by atoms with Crippen LogP contribution in [0.2, 0.25) is 0 Å². The number of anilines is 1. The standard InChI is InChI=1S/C24H23N3O4/c1-30-16-9-7-15(8-10-16)27-18-4-3-5-20(29)23(18)22(17(13-25)24(27)26)14-6-11-19(28)21(12-14)31-2/h6-12,22,28H,3-5,26H2,1-2H3. The van der Waals surface area contributed by atoms with Crippen LogP contribution in [0.4, 0.5) is 5.69 Å². The quantitative estimate of drug-likeness (QED) is 0.780. The molecule has 1 aliphatic heterocycles. The van der Waals surface area contributed by atoms with Gasteiger partial charge in [-0.05, 0) is 54.8 Å². The maximum atomic E-state index is 13.1. The van der Waals surface area contributed by atoms with E-state index < -0.39 is 5.92 Å². The van der Waals surface area contributed by atoms with E-state index in [1.54, 1.807) is 24.1 Å². The van der Waals surface area contributed by atoms with Gasteiger partial charge in [-0.2, -0.15) is 5.26 Å². The number of benzene rings is 2. The van der Waals surface area contributed by atoms with Gasteiger partial charge in [0.05, 0.1) is 31.8 Å². The summed E-state index contributed by atoms with van der Waals surface area (Å²) in [6.45, 7) is 0. The zero-order chi connectivity index (χ0) is 22.1. The van der Waals surface area contributed by atoms with Gasteiger partial charge in [-0.1, -0.05) is 6.07 Å². The van der Waals surface area contributed by atoms with E-state index in [0.717, 1.165) is 11.4 Å². The molecule has 158 valence electrons. The van der Waals surface area contributed by atoms with Crippen LogP contribution in [0.5, 0.6) is 17.2 Å². The average molecular weight is 417 g/mol. The summed E-state index contributed by atoms with van der Waals surface area (Å²) in [4.78, 5) is 14.9. The number of phenols is 1. The number of hydrogen-bond acceptors (Lipinski definition) is 7. The number of aromatic hydroxyl groups is 1. The highest BCUT2D eigenvalue weighted by Crippen LogP contribution is 2.47. The summed E-state index contributed by atoms with van der Waals surface area (Å²) in [5, 5.41) is 20.1. The summed E-state index contributed by atoms with van der Waals surface area (Å²) < 4.78 is 10.5. The zero-order valence-electron chi connectivity index (χ0n) is 17.4. The average Bonchev–Trinajstić information content (AvgIpc) is 2.79. The molecule has 1 aliphatic carbocycles. The van der Waals surface area contributed by atoms with Crippen molar-refractivity contribution in [2.24, 2.45) is 5.73 Å². The molecule has 3 N–H and O–H groups in total. The van der Waals surface area contributed by atoms with Crippen molar-refractivity contribution in [3.8, 4) is 23.3 Å². The molecule has 1 atom stereocenters. The van der Waals surface area contributed by atoms with Gasteiger partial charge >= 0.3 is 0 Å². The van der Waals surface area contributed by atoms with Crippen LogP contribution in [0, 0.1) is 11.3 Å². The van der Waals surface area contributed by atoms with Crippen molar-refractivity contribution in [1.29, 1.82) is 5.26 Å². The molecule has 1 heterocycles. The van der Waals surface area contributed by atoms with Crippen LogP contribution in [0.1, 0.15) is 30.7 Å². The maximum Gasteiger partial charge on any atom is 0.161 e. The molecule has 0 bridgehead atoms. The highest BCUT2D eigenvalue weighted by molar-refractivity contribution is 6.01. The maximum absolute atomic E-state index is 13.1. The fourth-order valence-corrected chi connectivity index (χ4v) is 4.32. The van der Waals surface area contributed by atoms with E-state index in [9.17, 15) is 15.2 Å². The van der Waals surface area contributed by atoms with Gasteiger partial charge in [0.2, 0.25) is 0 Å². The van der Waals surface area contributed by atoms with Gasteiger partial charge in [0.1, 0.15) is 11.6 Å². The van der Waals surface area contributed by atoms with Crippen molar-refractivity contribution in [2.45, 2.75) is 25.2 Å². The summed E-state index contributed by atoms with van der Waals surface area (Å²) in [5.41, 5.74) is 9.63. The topological polar surface area (TPSA) is 109 Å². The number of ether oxygens (including phenoxy) is 2. The van der Waals surface area contributed by atoms with Crippen molar-refractivity contribution in [2.75, 3.05) is 19.1 Å². The van der Waals surface area contributed by atoms with Crippen LogP contribution in [-0.2, 0) is 4.79 Å². The SMILES string of the molecule is COc1ccc(N2C(N)=C(C#N)C(c3ccc(O)c(OC)c3)C3=C2CCCC3=O)cc1. The normalized spacial score (nSPS) is 18.5. The van der Waals surface area contributed by atoms with Crippen molar-refractivity contribution in [3.05, 3.63) is 70.7 Å². The number of carbonyl (C=O) groups is 1. The number of allylic oxidation sites excluding steroid dienone is 3. The number of carbonyl (C=O) groups excluding carboxylic acids is 1. The van der Waals surface area contributed by atoms with E-state index in [0.29, 0.717) is 36.1 Å². The fraction of sp³-hybridized carbons (Fsp3) is 0.250. The Hall–Kier alpha value is -3.92. The lowest BCUT2D eigenvalue weighted by Crippen LogP contribution is -2.38. The van der Waals surface area contributed by atoms with Gasteiger partial charge in [0.25, 0.3) is 0 Å². The lowest BCUT2D eigenvalue weighted by Gasteiger charge is -2.39. The Morgan fingerprint density at radius 3 is 2.52 bits per heavy atom. The minimum absolute atomic E-state index is 0.00273. The Labute approximate surface area is 180 Å². The monoisotopic (exact) mass is 417 g/mol. The van der Waals surface area contributed by atoms with E-state index in [-0.39, 0.29) is 28.7 Å². The van der Waals surface area contributed by atoms with Gasteiger partial charge in [0, 0.05) is 23.4 Å². The number of phenolic OH excluding ortho intramolecular Hbond substituents is 1. The van der Waals surface area contributed by atoms with Crippen molar-refractivity contribution >= 4 is 11.5 Å². The van der Waals surface area contributed by atoms with Crippen molar-refractivity contribution in [3.63, 3.8) is 0 Å². The second kappa shape index (κ2) is 8.07. The minimum Gasteiger partial charge on any atom is -0.504 e. The van der Waals surface area contributed by atoms with Crippen LogP contribution in [-0.4, -0.2) is 25.1 Å². The second-order valence-electron chi connectivity index (χ2n) is 7.45. The molecule has 2 aliphatic rings. The molecule has 0 saturated carbocycles. The van der Waals surface area contributed by atoms with Crippen molar-refractivity contribution < 1.29 is 19.4 Å².